The zero-order valence-corrected chi connectivity index (χ0v) is 15.5. The second kappa shape index (κ2) is 8.20. The van der Waals surface area contributed by atoms with Crippen LogP contribution in [0.4, 0.5) is 0 Å². The van der Waals surface area contributed by atoms with E-state index in [-0.39, 0.29) is 37.5 Å². The number of rotatable bonds is 6. The third-order valence-electron chi connectivity index (χ3n) is 4.89. The molecule has 6 nitrogen and oxygen atoms in total. The molecule has 26 heavy (non-hydrogen) atoms. The predicted octanol–water partition coefficient (Wildman–Crippen LogP) is 1.77. The molecule has 1 N–H and O–H groups in total. The van der Waals surface area contributed by atoms with Crippen LogP contribution in [0.15, 0.2) is 30.0 Å². The summed E-state index contributed by atoms with van der Waals surface area (Å²) in [5, 5.41) is 10.1. The Morgan fingerprint density at radius 3 is 2.62 bits per heavy atom. The van der Waals surface area contributed by atoms with E-state index in [1.807, 2.05) is 4.90 Å². The first-order valence-corrected chi connectivity index (χ1v) is 9.15. The quantitative estimate of drug-likeness (QED) is 0.764. The zero-order chi connectivity index (χ0) is 18.7. The van der Waals surface area contributed by atoms with Crippen LogP contribution in [0.2, 0.25) is 5.02 Å². The van der Waals surface area contributed by atoms with Gasteiger partial charge in [-0.05, 0) is 36.5 Å². The molecule has 1 atom stereocenters. The van der Waals surface area contributed by atoms with Crippen LogP contribution in [-0.2, 0) is 14.3 Å². The van der Waals surface area contributed by atoms with Gasteiger partial charge in [0.15, 0.2) is 0 Å². The molecule has 2 aliphatic rings. The number of nitrogens with zero attached hydrogens (tertiary/aromatic N) is 2. The Kier molecular flexibility index (Phi) is 5.96. The van der Waals surface area contributed by atoms with Crippen LogP contribution in [0.25, 0.3) is 5.57 Å². The average Bonchev–Trinajstić information content (AvgIpc) is 2.91. The zero-order valence-electron chi connectivity index (χ0n) is 14.8. The van der Waals surface area contributed by atoms with Gasteiger partial charge in [-0.2, -0.15) is 0 Å². The number of carbonyl (C=O) groups excluding carboxylic acids is 2. The van der Waals surface area contributed by atoms with E-state index in [4.69, 9.17) is 16.3 Å². The smallest absolute Gasteiger partial charge is 0.277 e. The molecule has 1 fully saturated rings. The molecule has 0 aliphatic carbocycles. The number of hydrogen-bond acceptors (Lipinski definition) is 5. The summed E-state index contributed by atoms with van der Waals surface area (Å²) in [6.45, 7) is 1.85. The third-order valence-corrected chi connectivity index (χ3v) is 5.14. The first-order valence-electron chi connectivity index (χ1n) is 8.78. The van der Waals surface area contributed by atoms with E-state index in [0.717, 1.165) is 12.8 Å². The molecule has 140 valence electrons. The van der Waals surface area contributed by atoms with Gasteiger partial charge in [-0.25, -0.2) is 0 Å². The molecule has 1 aromatic carbocycles. The fourth-order valence-electron chi connectivity index (χ4n) is 3.54. The lowest BCUT2D eigenvalue weighted by Crippen LogP contribution is -2.41. The molecule has 2 amide bonds. The third kappa shape index (κ3) is 3.63. The highest BCUT2D eigenvalue weighted by Gasteiger charge is 2.42. The van der Waals surface area contributed by atoms with Gasteiger partial charge in [0.1, 0.15) is 5.70 Å². The van der Waals surface area contributed by atoms with E-state index in [0.29, 0.717) is 34.9 Å². The highest BCUT2D eigenvalue weighted by atomic mass is 35.5. The second-order valence-electron chi connectivity index (χ2n) is 6.62. The number of piperidine rings is 1. The lowest BCUT2D eigenvalue weighted by Gasteiger charge is -2.34. The number of aliphatic hydroxyl groups is 1. The SMILES string of the molecule is COCCN1C(=O)C(c2ccc(Cl)cc2)=C(N2CCCC(CO)C2)C1=O. The number of aliphatic hydroxyl groups excluding tert-OH is 1. The van der Waals surface area contributed by atoms with Gasteiger partial charge in [0, 0.05) is 31.8 Å². The molecule has 0 bridgehead atoms. The highest BCUT2D eigenvalue weighted by molar-refractivity contribution is 6.36. The lowest BCUT2D eigenvalue weighted by atomic mass is 9.97. The predicted molar refractivity (Wildman–Crippen MR) is 98.4 cm³/mol. The minimum absolute atomic E-state index is 0.0790. The second-order valence-corrected chi connectivity index (χ2v) is 7.06. The van der Waals surface area contributed by atoms with Gasteiger partial charge in [-0.15, -0.1) is 0 Å². The Morgan fingerprint density at radius 1 is 1.23 bits per heavy atom. The molecule has 3 rings (SSSR count). The number of benzene rings is 1. The summed E-state index contributed by atoms with van der Waals surface area (Å²) in [6, 6.07) is 6.94. The van der Waals surface area contributed by atoms with Crippen molar-refractivity contribution >= 4 is 29.0 Å². The van der Waals surface area contributed by atoms with Gasteiger partial charge < -0.3 is 14.7 Å². The first-order chi connectivity index (χ1) is 12.6. The van der Waals surface area contributed by atoms with Crippen LogP contribution in [0, 0.1) is 5.92 Å². The van der Waals surface area contributed by atoms with Crippen LogP contribution in [0.5, 0.6) is 0 Å². The standard InChI is InChI=1S/C19H23ClN2O4/c1-26-10-9-22-18(24)16(14-4-6-15(20)7-5-14)17(19(22)25)21-8-2-3-13(11-21)12-23/h4-7,13,23H,2-3,8-12H2,1H3. The van der Waals surface area contributed by atoms with Gasteiger partial charge in [-0.3, -0.25) is 14.5 Å². The maximum absolute atomic E-state index is 13.0. The summed E-state index contributed by atoms with van der Waals surface area (Å²) < 4.78 is 5.04. The van der Waals surface area contributed by atoms with Gasteiger partial charge in [0.05, 0.1) is 18.7 Å². The van der Waals surface area contributed by atoms with E-state index in [1.54, 1.807) is 24.3 Å². The fourth-order valence-corrected chi connectivity index (χ4v) is 3.66. The van der Waals surface area contributed by atoms with Crippen molar-refractivity contribution in [3.63, 3.8) is 0 Å². The molecular formula is C19H23ClN2O4. The maximum Gasteiger partial charge on any atom is 0.277 e. The number of carbonyl (C=O) groups is 2. The van der Waals surface area contributed by atoms with Crippen molar-refractivity contribution in [2.24, 2.45) is 5.92 Å². The van der Waals surface area contributed by atoms with Gasteiger partial charge in [-0.1, -0.05) is 23.7 Å². The van der Waals surface area contributed by atoms with E-state index >= 15 is 0 Å². The molecule has 1 unspecified atom stereocenters. The number of amides is 2. The number of methoxy groups -OCH3 is 1. The number of likely N-dealkylation sites (tertiary alicyclic amines) is 1. The van der Waals surface area contributed by atoms with E-state index in [1.165, 1.54) is 12.0 Å². The maximum atomic E-state index is 13.0. The first kappa shape index (κ1) is 18.9. The number of halogens is 1. The summed E-state index contributed by atoms with van der Waals surface area (Å²) in [5.41, 5.74) is 1.50. The molecule has 1 saturated heterocycles. The molecule has 2 heterocycles. The largest absolute Gasteiger partial charge is 0.396 e. The van der Waals surface area contributed by atoms with E-state index in [2.05, 4.69) is 0 Å². The average molecular weight is 379 g/mol. The Labute approximate surface area is 158 Å². The molecular weight excluding hydrogens is 356 g/mol. The van der Waals surface area contributed by atoms with E-state index in [9.17, 15) is 14.7 Å². The van der Waals surface area contributed by atoms with Crippen molar-refractivity contribution in [3.05, 3.63) is 40.5 Å². The Morgan fingerprint density at radius 2 is 1.96 bits per heavy atom. The van der Waals surface area contributed by atoms with Crippen LogP contribution in [-0.4, -0.2) is 66.7 Å². The Hall–Kier alpha value is -1.89. The van der Waals surface area contributed by atoms with Crippen molar-refractivity contribution in [3.8, 4) is 0 Å². The number of imide groups is 1. The number of hydrogen-bond donors (Lipinski definition) is 1. The molecule has 0 saturated carbocycles. The minimum Gasteiger partial charge on any atom is -0.396 e. The van der Waals surface area contributed by atoms with Crippen molar-refractivity contribution in [2.75, 3.05) is 40.0 Å². The lowest BCUT2D eigenvalue weighted by molar-refractivity contribution is -0.138. The van der Waals surface area contributed by atoms with Gasteiger partial charge in [0.2, 0.25) is 0 Å². The van der Waals surface area contributed by atoms with Crippen molar-refractivity contribution in [1.82, 2.24) is 9.80 Å². The van der Waals surface area contributed by atoms with Crippen LogP contribution < -0.4 is 0 Å². The molecule has 7 heteroatoms. The van der Waals surface area contributed by atoms with Crippen LogP contribution in [0.3, 0.4) is 0 Å². The molecule has 1 aromatic rings. The summed E-state index contributed by atoms with van der Waals surface area (Å²) >= 11 is 5.97. The Bertz CT molecular complexity index is 717. The fraction of sp³-hybridized carbons (Fsp3) is 0.474. The van der Waals surface area contributed by atoms with Crippen molar-refractivity contribution in [1.29, 1.82) is 0 Å². The van der Waals surface area contributed by atoms with Crippen LogP contribution in [0.1, 0.15) is 18.4 Å². The Balaban J connectivity index is 2.01. The molecule has 0 aromatic heterocycles. The normalized spacial score (nSPS) is 21.1. The topological polar surface area (TPSA) is 70.1 Å². The van der Waals surface area contributed by atoms with Crippen molar-refractivity contribution in [2.45, 2.75) is 12.8 Å². The number of ether oxygens (including phenoxy) is 1. The molecule has 0 radical (unpaired) electrons. The summed E-state index contributed by atoms with van der Waals surface area (Å²) in [6.07, 6.45) is 1.80. The summed E-state index contributed by atoms with van der Waals surface area (Å²) in [7, 11) is 1.54. The molecule has 2 aliphatic heterocycles. The monoisotopic (exact) mass is 378 g/mol. The van der Waals surface area contributed by atoms with Crippen molar-refractivity contribution < 1.29 is 19.4 Å². The van der Waals surface area contributed by atoms with E-state index < -0.39 is 0 Å². The van der Waals surface area contributed by atoms with Gasteiger partial charge in [0.25, 0.3) is 11.8 Å². The van der Waals surface area contributed by atoms with Crippen LogP contribution >= 0.6 is 11.6 Å². The molecule has 0 spiro atoms. The summed E-state index contributed by atoms with van der Waals surface area (Å²) in [5.74, 6) is -0.496. The van der Waals surface area contributed by atoms with Gasteiger partial charge >= 0.3 is 0 Å². The highest BCUT2D eigenvalue weighted by Crippen LogP contribution is 2.34. The summed E-state index contributed by atoms with van der Waals surface area (Å²) in [4.78, 5) is 29.2. The minimum atomic E-state index is -0.310.